The van der Waals surface area contributed by atoms with Crippen molar-refractivity contribution >= 4 is 16.8 Å². The number of benzene rings is 2. The number of fused-ring (bicyclic) bond motifs is 1. The van der Waals surface area contributed by atoms with Crippen LogP contribution in [0, 0.1) is 0 Å². The molecule has 2 heterocycles. The first-order valence-corrected chi connectivity index (χ1v) is 10.4. The summed E-state index contributed by atoms with van der Waals surface area (Å²) in [7, 11) is 0. The van der Waals surface area contributed by atoms with Gasteiger partial charge in [0.1, 0.15) is 0 Å². The Morgan fingerprint density at radius 3 is 2.69 bits per heavy atom. The van der Waals surface area contributed by atoms with Gasteiger partial charge in [0.15, 0.2) is 0 Å². The summed E-state index contributed by atoms with van der Waals surface area (Å²) in [4.78, 5) is 15.0. The van der Waals surface area contributed by atoms with Gasteiger partial charge in [0.05, 0.1) is 24.9 Å². The molecule has 0 unspecified atom stereocenters. The maximum absolute atomic E-state index is 13.2. The molecule has 0 saturated carbocycles. The van der Waals surface area contributed by atoms with Crippen LogP contribution < -0.4 is 0 Å². The fraction of sp³-hybridized carbons (Fsp3) is 0.375. The van der Waals surface area contributed by atoms with E-state index in [1.807, 2.05) is 30.5 Å². The molecular formula is C24H28N2O3. The van der Waals surface area contributed by atoms with E-state index in [2.05, 4.69) is 34.9 Å². The molecule has 5 nitrogen and oxygen atoms in total. The molecule has 5 heteroatoms. The van der Waals surface area contributed by atoms with E-state index in [4.69, 9.17) is 4.74 Å². The highest BCUT2D eigenvalue weighted by atomic mass is 16.5. The monoisotopic (exact) mass is 392 g/mol. The number of hydrogen-bond acceptors (Lipinski definition) is 3. The van der Waals surface area contributed by atoms with E-state index in [0.29, 0.717) is 19.7 Å². The van der Waals surface area contributed by atoms with Crippen LogP contribution >= 0.6 is 0 Å². The molecule has 0 radical (unpaired) electrons. The quantitative estimate of drug-likeness (QED) is 0.626. The zero-order valence-electron chi connectivity index (χ0n) is 16.7. The lowest BCUT2D eigenvalue weighted by molar-refractivity contribution is -0.0446. The summed E-state index contributed by atoms with van der Waals surface area (Å²) in [6.45, 7) is 2.29. The van der Waals surface area contributed by atoms with Crippen molar-refractivity contribution in [1.82, 2.24) is 9.47 Å². The van der Waals surface area contributed by atoms with Gasteiger partial charge >= 0.3 is 0 Å². The smallest absolute Gasteiger partial charge is 0.256 e. The van der Waals surface area contributed by atoms with E-state index >= 15 is 0 Å². The van der Waals surface area contributed by atoms with Crippen molar-refractivity contribution in [3.63, 3.8) is 0 Å². The molecule has 1 aromatic heterocycles. The third-order valence-electron chi connectivity index (χ3n) is 5.61. The van der Waals surface area contributed by atoms with E-state index in [1.54, 1.807) is 4.90 Å². The molecule has 152 valence electrons. The van der Waals surface area contributed by atoms with Crippen molar-refractivity contribution in [1.29, 1.82) is 0 Å². The Hall–Kier alpha value is -2.63. The minimum absolute atomic E-state index is 0.0194. The zero-order chi connectivity index (χ0) is 20.1. The van der Waals surface area contributed by atoms with Crippen molar-refractivity contribution < 1.29 is 14.6 Å². The van der Waals surface area contributed by atoms with Crippen LogP contribution in [0.3, 0.4) is 0 Å². The highest BCUT2D eigenvalue weighted by Gasteiger charge is 2.26. The van der Waals surface area contributed by atoms with Gasteiger partial charge in [0.2, 0.25) is 0 Å². The number of carbonyl (C=O) groups excluding carboxylic acids is 1. The number of carbonyl (C=O) groups is 1. The van der Waals surface area contributed by atoms with Crippen LogP contribution in [0.2, 0.25) is 0 Å². The van der Waals surface area contributed by atoms with Crippen molar-refractivity contribution in [2.45, 2.75) is 31.9 Å². The van der Waals surface area contributed by atoms with Crippen molar-refractivity contribution in [2.75, 3.05) is 26.3 Å². The van der Waals surface area contributed by atoms with Gasteiger partial charge in [-0.1, -0.05) is 48.5 Å². The third kappa shape index (κ3) is 4.52. The second kappa shape index (κ2) is 9.25. The summed E-state index contributed by atoms with van der Waals surface area (Å²) >= 11 is 0. The Bertz CT molecular complexity index is 951. The third-order valence-corrected chi connectivity index (χ3v) is 5.61. The number of amides is 1. The average molecular weight is 392 g/mol. The first kappa shape index (κ1) is 19.7. The minimum atomic E-state index is -0.293. The molecule has 1 N–H and O–H groups in total. The number of nitrogens with zero attached hydrogens (tertiary/aromatic N) is 2. The second-order valence-electron chi connectivity index (χ2n) is 7.62. The van der Waals surface area contributed by atoms with Crippen molar-refractivity contribution in [2.24, 2.45) is 0 Å². The van der Waals surface area contributed by atoms with E-state index in [-0.39, 0.29) is 18.6 Å². The number of para-hydroxylation sites is 1. The maximum atomic E-state index is 13.2. The number of hydrogen-bond donors (Lipinski definition) is 1. The fourth-order valence-corrected chi connectivity index (χ4v) is 4.04. The van der Waals surface area contributed by atoms with Crippen LogP contribution in [0.4, 0.5) is 0 Å². The van der Waals surface area contributed by atoms with Gasteiger partial charge in [0, 0.05) is 36.7 Å². The van der Waals surface area contributed by atoms with E-state index in [1.165, 1.54) is 5.56 Å². The highest BCUT2D eigenvalue weighted by molar-refractivity contribution is 6.07. The Kier molecular flexibility index (Phi) is 6.27. The number of unbranched alkanes of at least 4 members (excludes halogenated alkanes) is 1. The van der Waals surface area contributed by atoms with Gasteiger partial charge in [-0.3, -0.25) is 4.79 Å². The fourth-order valence-electron chi connectivity index (χ4n) is 4.04. The number of rotatable bonds is 7. The first-order valence-electron chi connectivity index (χ1n) is 10.4. The largest absolute Gasteiger partial charge is 0.394 e. The number of aryl methyl sites for hydroxylation is 2. The number of aliphatic hydroxyl groups is 1. The van der Waals surface area contributed by atoms with Crippen LogP contribution in [0.25, 0.3) is 10.9 Å². The molecule has 1 atom stereocenters. The summed E-state index contributed by atoms with van der Waals surface area (Å²) < 4.78 is 7.69. The molecule has 4 rings (SSSR count). The SMILES string of the molecule is O=C(c1cn(CCCCc2ccccc2)c2ccccc12)N1CCO[C@@H](CO)C1. The molecular weight excluding hydrogens is 364 g/mol. The van der Waals surface area contributed by atoms with Crippen LogP contribution in [0.15, 0.2) is 60.8 Å². The maximum Gasteiger partial charge on any atom is 0.256 e. The van der Waals surface area contributed by atoms with E-state index in [0.717, 1.165) is 42.3 Å². The van der Waals surface area contributed by atoms with E-state index < -0.39 is 0 Å². The molecule has 29 heavy (non-hydrogen) atoms. The summed E-state index contributed by atoms with van der Waals surface area (Å²) in [6.07, 6.45) is 4.95. The zero-order valence-corrected chi connectivity index (χ0v) is 16.7. The number of morpholine rings is 1. The normalized spacial score (nSPS) is 17.0. The molecule has 0 bridgehead atoms. The predicted molar refractivity (Wildman–Crippen MR) is 114 cm³/mol. The summed E-state index contributed by atoms with van der Waals surface area (Å²) in [5, 5.41) is 10.4. The molecule has 1 fully saturated rings. The van der Waals surface area contributed by atoms with Gasteiger partial charge in [-0.25, -0.2) is 0 Å². The summed E-state index contributed by atoms with van der Waals surface area (Å²) in [6, 6.07) is 18.7. The molecule has 1 aliphatic rings. The van der Waals surface area contributed by atoms with Crippen LogP contribution in [-0.4, -0.2) is 52.9 Å². The second-order valence-corrected chi connectivity index (χ2v) is 7.62. The molecule has 0 spiro atoms. The lowest BCUT2D eigenvalue weighted by Crippen LogP contribution is -2.46. The summed E-state index contributed by atoms with van der Waals surface area (Å²) in [5.74, 6) is 0.0194. The molecule has 1 saturated heterocycles. The molecule has 3 aromatic rings. The lowest BCUT2D eigenvalue weighted by Gasteiger charge is -2.32. The average Bonchev–Trinajstić information content (AvgIpc) is 3.15. The molecule has 1 amide bonds. The van der Waals surface area contributed by atoms with Gasteiger partial charge < -0.3 is 19.3 Å². The van der Waals surface area contributed by atoms with E-state index in [9.17, 15) is 9.90 Å². The minimum Gasteiger partial charge on any atom is -0.394 e. The summed E-state index contributed by atoms with van der Waals surface area (Å²) in [5.41, 5.74) is 3.20. The van der Waals surface area contributed by atoms with Gasteiger partial charge in [-0.15, -0.1) is 0 Å². The molecule has 1 aliphatic heterocycles. The molecule has 2 aromatic carbocycles. The number of aromatic nitrogens is 1. The van der Waals surface area contributed by atoms with Gasteiger partial charge in [-0.05, 0) is 30.9 Å². The lowest BCUT2D eigenvalue weighted by atomic mass is 10.1. The Morgan fingerprint density at radius 1 is 1.07 bits per heavy atom. The number of aliphatic hydroxyl groups excluding tert-OH is 1. The Labute approximate surface area is 171 Å². The van der Waals surface area contributed by atoms with Crippen LogP contribution in [0.1, 0.15) is 28.8 Å². The van der Waals surface area contributed by atoms with Crippen LogP contribution in [-0.2, 0) is 17.7 Å². The topological polar surface area (TPSA) is 54.7 Å². The molecule has 0 aliphatic carbocycles. The van der Waals surface area contributed by atoms with Crippen molar-refractivity contribution in [3.05, 3.63) is 71.9 Å². The van der Waals surface area contributed by atoms with Gasteiger partial charge in [-0.2, -0.15) is 0 Å². The first-order chi connectivity index (χ1) is 14.3. The highest BCUT2D eigenvalue weighted by Crippen LogP contribution is 2.24. The predicted octanol–water partition coefficient (Wildman–Crippen LogP) is 3.50. The Morgan fingerprint density at radius 2 is 1.86 bits per heavy atom. The van der Waals surface area contributed by atoms with Gasteiger partial charge in [0.25, 0.3) is 5.91 Å². The number of ether oxygens (including phenoxy) is 1. The standard InChI is InChI=1S/C24H28N2O3/c27-18-20-16-26(14-15-29-20)24(28)22-17-25(23-12-5-4-11-21(22)23)13-7-6-10-19-8-2-1-3-9-19/h1-5,8-9,11-12,17,20,27H,6-7,10,13-16,18H2/t20-/m1/s1. The van der Waals surface area contributed by atoms with Crippen molar-refractivity contribution in [3.8, 4) is 0 Å². The van der Waals surface area contributed by atoms with Crippen LogP contribution in [0.5, 0.6) is 0 Å². The Balaban J connectivity index is 1.47.